The Morgan fingerprint density at radius 3 is 2.44 bits per heavy atom. The van der Waals surface area contributed by atoms with Gasteiger partial charge in [-0.3, -0.25) is 4.79 Å². The molecular formula is C26H31N3O5. The molecule has 4 rings (SSSR count). The van der Waals surface area contributed by atoms with Crippen molar-refractivity contribution in [2.75, 3.05) is 32.7 Å². The number of nitrogens with zero attached hydrogens (tertiary/aromatic N) is 2. The van der Waals surface area contributed by atoms with Crippen molar-refractivity contribution in [1.82, 2.24) is 9.78 Å². The minimum Gasteiger partial charge on any atom is -0.493 e. The Balaban J connectivity index is 1.38. The van der Waals surface area contributed by atoms with Gasteiger partial charge in [0.15, 0.2) is 23.0 Å². The minimum absolute atomic E-state index is 0.176. The first kappa shape index (κ1) is 23.5. The number of aromatic nitrogens is 2. The first-order valence-electron chi connectivity index (χ1n) is 11.6. The highest BCUT2D eigenvalue weighted by atomic mass is 16.5. The summed E-state index contributed by atoms with van der Waals surface area (Å²) in [6, 6.07) is 16.4. The van der Waals surface area contributed by atoms with Crippen molar-refractivity contribution in [2.24, 2.45) is 0 Å². The van der Waals surface area contributed by atoms with Crippen molar-refractivity contribution in [2.45, 2.75) is 38.3 Å². The fraction of sp³-hybridized carbons (Fsp3) is 0.385. The van der Waals surface area contributed by atoms with Crippen LogP contribution in [0.4, 0.5) is 5.82 Å². The van der Waals surface area contributed by atoms with Gasteiger partial charge in [0.25, 0.3) is 5.56 Å². The van der Waals surface area contributed by atoms with Gasteiger partial charge in [0.1, 0.15) is 12.4 Å². The molecule has 0 bridgehead atoms. The van der Waals surface area contributed by atoms with Crippen molar-refractivity contribution >= 4 is 5.82 Å². The number of hydrogen-bond donors (Lipinski definition) is 1. The van der Waals surface area contributed by atoms with Crippen LogP contribution in [-0.4, -0.2) is 43.3 Å². The van der Waals surface area contributed by atoms with Crippen molar-refractivity contribution in [3.05, 3.63) is 70.5 Å². The SMILES string of the molecule is COc1ccccc1OCCNc1ccc(=O)n(Cc2ccc(OC)c(OC3CCCC3)c2)n1. The quantitative estimate of drug-likeness (QED) is 0.427. The van der Waals surface area contributed by atoms with E-state index in [1.807, 2.05) is 42.5 Å². The van der Waals surface area contributed by atoms with Crippen LogP contribution in [0.15, 0.2) is 59.4 Å². The summed E-state index contributed by atoms with van der Waals surface area (Å²) < 4.78 is 24.2. The first-order chi connectivity index (χ1) is 16.7. The average molecular weight is 466 g/mol. The third-order valence-electron chi connectivity index (χ3n) is 5.76. The van der Waals surface area contributed by atoms with E-state index < -0.39 is 0 Å². The highest BCUT2D eigenvalue weighted by Gasteiger charge is 2.19. The van der Waals surface area contributed by atoms with E-state index in [0.717, 1.165) is 18.4 Å². The second-order valence-corrected chi connectivity index (χ2v) is 8.15. The maximum absolute atomic E-state index is 12.4. The van der Waals surface area contributed by atoms with Crippen molar-refractivity contribution < 1.29 is 18.9 Å². The molecular weight excluding hydrogens is 434 g/mol. The molecule has 3 aromatic rings. The highest BCUT2D eigenvalue weighted by Crippen LogP contribution is 2.32. The maximum atomic E-state index is 12.4. The molecule has 1 aromatic heterocycles. The van der Waals surface area contributed by atoms with Crippen LogP contribution in [0.2, 0.25) is 0 Å². The lowest BCUT2D eigenvalue weighted by molar-refractivity contribution is 0.200. The molecule has 1 aliphatic carbocycles. The Kier molecular flexibility index (Phi) is 7.91. The normalized spacial score (nSPS) is 13.5. The monoisotopic (exact) mass is 465 g/mol. The smallest absolute Gasteiger partial charge is 0.267 e. The molecule has 0 spiro atoms. The summed E-state index contributed by atoms with van der Waals surface area (Å²) in [4.78, 5) is 12.4. The number of rotatable bonds is 11. The summed E-state index contributed by atoms with van der Waals surface area (Å²) >= 11 is 0. The van der Waals surface area contributed by atoms with Gasteiger partial charge in [0.05, 0.1) is 33.4 Å². The largest absolute Gasteiger partial charge is 0.493 e. The Morgan fingerprint density at radius 1 is 0.941 bits per heavy atom. The molecule has 8 heteroatoms. The van der Waals surface area contributed by atoms with E-state index in [1.165, 1.54) is 23.6 Å². The molecule has 0 aliphatic heterocycles. The molecule has 0 amide bonds. The Morgan fingerprint density at radius 2 is 1.68 bits per heavy atom. The maximum Gasteiger partial charge on any atom is 0.267 e. The van der Waals surface area contributed by atoms with E-state index in [0.29, 0.717) is 48.5 Å². The van der Waals surface area contributed by atoms with E-state index in [9.17, 15) is 4.79 Å². The predicted octanol–water partition coefficient (Wildman–Crippen LogP) is 4.12. The molecule has 1 aliphatic rings. The highest BCUT2D eigenvalue weighted by molar-refractivity contribution is 5.43. The Hall–Kier alpha value is -3.68. The second-order valence-electron chi connectivity index (χ2n) is 8.15. The number of hydrogen-bond acceptors (Lipinski definition) is 7. The number of benzene rings is 2. The van der Waals surface area contributed by atoms with Crippen LogP contribution in [0.25, 0.3) is 0 Å². The molecule has 1 N–H and O–H groups in total. The summed E-state index contributed by atoms with van der Waals surface area (Å²) in [6.07, 6.45) is 4.72. The van der Waals surface area contributed by atoms with Gasteiger partial charge in [-0.1, -0.05) is 18.2 Å². The van der Waals surface area contributed by atoms with Crippen LogP contribution in [0.5, 0.6) is 23.0 Å². The van der Waals surface area contributed by atoms with Gasteiger partial charge in [-0.2, -0.15) is 5.10 Å². The van der Waals surface area contributed by atoms with E-state index in [4.69, 9.17) is 18.9 Å². The van der Waals surface area contributed by atoms with Gasteiger partial charge in [0, 0.05) is 6.07 Å². The summed E-state index contributed by atoms with van der Waals surface area (Å²) in [5.74, 6) is 3.37. The molecule has 180 valence electrons. The molecule has 2 aromatic carbocycles. The molecule has 1 heterocycles. The van der Waals surface area contributed by atoms with Gasteiger partial charge < -0.3 is 24.3 Å². The van der Waals surface area contributed by atoms with Crippen LogP contribution >= 0.6 is 0 Å². The number of para-hydroxylation sites is 2. The summed E-state index contributed by atoms with van der Waals surface area (Å²) in [5.41, 5.74) is 0.741. The van der Waals surface area contributed by atoms with Gasteiger partial charge in [0.2, 0.25) is 0 Å². The van der Waals surface area contributed by atoms with Gasteiger partial charge in [-0.15, -0.1) is 0 Å². The lowest BCUT2D eigenvalue weighted by Gasteiger charge is -2.17. The summed E-state index contributed by atoms with van der Waals surface area (Å²) in [5, 5.41) is 7.66. The third-order valence-corrected chi connectivity index (χ3v) is 5.76. The Bertz CT molecular complexity index is 1140. The molecule has 1 saturated carbocycles. The molecule has 8 nitrogen and oxygen atoms in total. The third kappa shape index (κ3) is 6.01. The van der Waals surface area contributed by atoms with Crippen molar-refractivity contribution in [1.29, 1.82) is 0 Å². The lowest BCUT2D eigenvalue weighted by atomic mass is 10.2. The van der Waals surface area contributed by atoms with Gasteiger partial charge in [-0.05, 0) is 61.6 Å². The lowest BCUT2D eigenvalue weighted by Crippen LogP contribution is -2.24. The van der Waals surface area contributed by atoms with E-state index in [1.54, 1.807) is 20.3 Å². The van der Waals surface area contributed by atoms with Gasteiger partial charge in [-0.25, -0.2) is 4.68 Å². The molecule has 0 atom stereocenters. The fourth-order valence-electron chi connectivity index (χ4n) is 4.00. The van der Waals surface area contributed by atoms with Crippen molar-refractivity contribution in [3.8, 4) is 23.0 Å². The second kappa shape index (κ2) is 11.4. The van der Waals surface area contributed by atoms with E-state index in [2.05, 4.69) is 10.4 Å². The summed E-state index contributed by atoms with van der Waals surface area (Å²) in [6.45, 7) is 1.27. The molecule has 34 heavy (non-hydrogen) atoms. The van der Waals surface area contributed by atoms with Crippen LogP contribution in [0.1, 0.15) is 31.2 Å². The predicted molar refractivity (Wildman–Crippen MR) is 130 cm³/mol. The first-order valence-corrected chi connectivity index (χ1v) is 11.6. The zero-order valence-corrected chi connectivity index (χ0v) is 19.7. The van der Waals surface area contributed by atoms with Crippen molar-refractivity contribution in [3.63, 3.8) is 0 Å². The van der Waals surface area contributed by atoms with Crippen LogP contribution in [-0.2, 0) is 6.54 Å². The number of anilines is 1. The molecule has 1 fully saturated rings. The molecule has 0 saturated heterocycles. The zero-order chi connectivity index (χ0) is 23.8. The van der Waals surface area contributed by atoms with Crippen LogP contribution in [0.3, 0.4) is 0 Å². The molecule has 0 radical (unpaired) electrons. The molecule has 0 unspecified atom stereocenters. The van der Waals surface area contributed by atoms with Gasteiger partial charge >= 0.3 is 0 Å². The topological polar surface area (TPSA) is 83.8 Å². The number of methoxy groups -OCH3 is 2. The minimum atomic E-state index is -0.176. The average Bonchev–Trinajstić information content (AvgIpc) is 3.37. The van der Waals surface area contributed by atoms with Crippen LogP contribution < -0.4 is 29.8 Å². The van der Waals surface area contributed by atoms with E-state index >= 15 is 0 Å². The number of nitrogens with one attached hydrogen (secondary N) is 1. The Labute approximate surface area is 199 Å². The number of ether oxygens (including phenoxy) is 4. The fourth-order valence-corrected chi connectivity index (χ4v) is 4.00. The summed E-state index contributed by atoms with van der Waals surface area (Å²) in [7, 11) is 3.25. The zero-order valence-electron chi connectivity index (χ0n) is 19.7. The van der Waals surface area contributed by atoms with E-state index in [-0.39, 0.29) is 11.7 Å². The standard InChI is InChI=1S/C26H31N3O5/c1-31-21-9-5-6-10-23(21)33-16-15-27-25-13-14-26(30)29(28-25)18-19-11-12-22(32-2)24(17-19)34-20-7-3-4-8-20/h5-6,9-14,17,20H,3-4,7-8,15-16,18H2,1-2H3,(H,27,28). The van der Waals surface area contributed by atoms with Crippen LogP contribution in [0, 0.1) is 0 Å².